The molecule has 0 saturated carbocycles. The third-order valence-corrected chi connectivity index (χ3v) is 4.12. The fourth-order valence-corrected chi connectivity index (χ4v) is 2.32. The van der Waals surface area contributed by atoms with Crippen molar-refractivity contribution in [3.8, 4) is 5.75 Å². The zero-order valence-corrected chi connectivity index (χ0v) is 15.7. The lowest BCUT2D eigenvalue weighted by atomic mass is 9.87. The molecular weight excluding hydrogens is 328 g/mol. The Balaban J connectivity index is 1.93. The molecule has 2 rings (SSSR count). The number of hydrogen-bond acceptors (Lipinski definition) is 3. The zero-order chi connectivity index (χ0) is 19.3. The minimum Gasteiger partial charge on any atom is -0.489 e. The number of carbonyl (C=O) groups excluding carboxylic acids is 2. The summed E-state index contributed by atoms with van der Waals surface area (Å²) in [6.45, 7) is 8.47. The Labute approximate surface area is 154 Å². The molecule has 0 saturated heterocycles. The van der Waals surface area contributed by atoms with E-state index >= 15 is 0 Å². The van der Waals surface area contributed by atoms with Gasteiger partial charge in [-0.1, -0.05) is 45.0 Å². The van der Waals surface area contributed by atoms with Gasteiger partial charge in [0.15, 0.2) is 0 Å². The van der Waals surface area contributed by atoms with E-state index in [1.54, 1.807) is 19.1 Å². The predicted octanol–water partition coefficient (Wildman–Crippen LogP) is 3.17. The average Bonchev–Trinajstić information content (AvgIpc) is 2.59. The van der Waals surface area contributed by atoms with E-state index in [0.29, 0.717) is 12.2 Å². The first-order chi connectivity index (χ1) is 12.2. The van der Waals surface area contributed by atoms with Gasteiger partial charge in [0.2, 0.25) is 5.91 Å². The number of ether oxygens (including phenoxy) is 1. The van der Waals surface area contributed by atoms with Gasteiger partial charge in [0, 0.05) is 5.56 Å². The van der Waals surface area contributed by atoms with Crippen molar-refractivity contribution in [2.45, 2.75) is 45.8 Å². The first kappa shape index (κ1) is 19.5. The quantitative estimate of drug-likeness (QED) is 0.836. The maximum atomic E-state index is 12.0. The van der Waals surface area contributed by atoms with Crippen LogP contribution in [0, 0.1) is 0 Å². The van der Waals surface area contributed by atoms with Gasteiger partial charge in [0.1, 0.15) is 18.4 Å². The molecule has 0 heterocycles. The summed E-state index contributed by atoms with van der Waals surface area (Å²) in [5.41, 5.74) is 7.93. The molecule has 2 aromatic carbocycles. The minimum atomic E-state index is -0.707. The van der Waals surface area contributed by atoms with Gasteiger partial charge in [-0.2, -0.15) is 0 Å². The summed E-state index contributed by atoms with van der Waals surface area (Å²) in [6, 6.07) is 14.4. The van der Waals surface area contributed by atoms with Gasteiger partial charge in [-0.15, -0.1) is 0 Å². The molecule has 1 atom stereocenters. The van der Waals surface area contributed by atoms with Crippen LogP contribution in [-0.4, -0.2) is 17.9 Å². The summed E-state index contributed by atoms with van der Waals surface area (Å²) in [7, 11) is 0. The molecule has 2 aromatic rings. The fourth-order valence-electron chi connectivity index (χ4n) is 2.32. The summed E-state index contributed by atoms with van der Waals surface area (Å²) in [4.78, 5) is 23.0. The Kier molecular flexibility index (Phi) is 6.03. The lowest BCUT2D eigenvalue weighted by molar-refractivity contribution is -0.119. The van der Waals surface area contributed by atoms with Crippen molar-refractivity contribution >= 4 is 11.8 Å². The van der Waals surface area contributed by atoms with E-state index < -0.39 is 11.9 Å². The summed E-state index contributed by atoms with van der Waals surface area (Å²) in [6.07, 6.45) is 0. The molecule has 1 unspecified atom stereocenters. The molecule has 0 bridgehead atoms. The second-order valence-electron chi connectivity index (χ2n) is 7.36. The van der Waals surface area contributed by atoms with Crippen molar-refractivity contribution in [2.75, 3.05) is 0 Å². The lowest BCUT2D eigenvalue weighted by Gasteiger charge is -2.19. The number of benzene rings is 2. The van der Waals surface area contributed by atoms with E-state index in [0.717, 1.165) is 11.3 Å². The molecule has 2 amide bonds. The summed E-state index contributed by atoms with van der Waals surface area (Å²) >= 11 is 0. The van der Waals surface area contributed by atoms with Crippen molar-refractivity contribution < 1.29 is 14.3 Å². The highest BCUT2D eigenvalue weighted by atomic mass is 16.5. The molecule has 0 fully saturated rings. The van der Waals surface area contributed by atoms with Crippen molar-refractivity contribution in [2.24, 2.45) is 5.73 Å². The van der Waals surface area contributed by atoms with Gasteiger partial charge in [-0.05, 0) is 47.7 Å². The smallest absolute Gasteiger partial charge is 0.251 e. The van der Waals surface area contributed by atoms with Crippen LogP contribution in [0.15, 0.2) is 48.5 Å². The maximum Gasteiger partial charge on any atom is 0.251 e. The molecule has 5 heteroatoms. The average molecular weight is 354 g/mol. The number of hydrogen-bond donors (Lipinski definition) is 2. The van der Waals surface area contributed by atoms with Gasteiger partial charge in [0.05, 0.1) is 0 Å². The highest BCUT2D eigenvalue weighted by molar-refractivity contribution is 5.97. The topological polar surface area (TPSA) is 81.4 Å². The van der Waals surface area contributed by atoms with E-state index in [9.17, 15) is 9.59 Å². The number of nitrogens with one attached hydrogen (secondary N) is 1. The number of nitrogens with two attached hydrogens (primary N) is 1. The number of rotatable bonds is 6. The third kappa shape index (κ3) is 5.34. The van der Waals surface area contributed by atoms with Crippen LogP contribution in [0.25, 0.3) is 0 Å². The Bertz CT molecular complexity index is 759. The molecular formula is C21H26N2O3. The maximum absolute atomic E-state index is 12.0. The molecule has 0 aliphatic heterocycles. The van der Waals surface area contributed by atoms with E-state index in [2.05, 4.69) is 38.2 Å². The Hall–Kier alpha value is -2.82. The fraction of sp³-hybridized carbons (Fsp3) is 0.333. The molecule has 0 aliphatic carbocycles. The van der Waals surface area contributed by atoms with E-state index in [4.69, 9.17) is 10.5 Å². The molecule has 0 aromatic heterocycles. The molecule has 26 heavy (non-hydrogen) atoms. The van der Waals surface area contributed by atoms with Crippen LogP contribution in [0.3, 0.4) is 0 Å². The summed E-state index contributed by atoms with van der Waals surface area (Å²) < 4.78 is 5.79. The van der Waals surface area contributed by atoms with Crippen LogP contribution in [0.2, 0.25) is 0 Å². The highest BCUT2D eigenvalue weighted by Crippen LogP contribution is 2.24. The van der Waals surface area contributed by atoms with Crippen LogP contribution >= 0.6 is 0 Å². The Morgan fingerprint density at radius 3 is 2.12 bits per heavy atom. The van der Waals surface area contributed by atoms with Crippen LogP contribution in [-0.2, 0) is 16.8 Å². The number of carbonyl (C=O) groups is 2. The SMILES string of the molecule is CC(NC(=O)c1ccc(COc2ccc(C(C)(C)C)cc2)cc1)C(N)=O. The first-order valence-electron chi connectivity index (χ1n) is 8.59. The van der Waals surface area contributed by atoms with Crippen LogP contribution in [0.4, 0.5) is 0 Å². The molecule has 0 spiro atoms. The number of amides is 2. The standard InChI is InChI=1S/C21H26N2O3/c1-14(19(22)24)23-20(25)16-7-5-15(6-8-16)13-26-18-11-9-17(10-12-18)21(2,3)4/h5-12,14H,13H2,1-4H3,(H2,22,24)(H,23,25). The Morgan fingerprint density at radius 1 is 1.04 bits per heavy atom. The van der Waals surface area contributed by atoms with Crippen LogP contribution in [0.5, 0.6) is 5.75 Å². The van der Waals surface area contributed by atoms with E-state index in [1.165, 1.54) is 5.56 Å². The van der Waals surface area contributed by atoms with Crippen molar-refractivity contribution in [1.29, 1.82) is 0 Å². The largest absolute Gasteiger partial charge is 0.489 e. The predicted molar refractivity (Wildman–Crippen MR) is 102 cm³/mol. The van der Waals surface area contributed by atoms with Crippen molar-refractivity contribution in [1.82, 2.24) is 5.32 Å². The van der Waals surface area contributed by atoms with Gasteiger partial charge < -0.3 is 15.8 Å². The highest BCUT2D eigenvalue weighted by Gasteiger charge is 2.14. The summed E-state index contributed by atoms with van der Waals surface area (Å²) in [5, 5.41) is 2.55. The zero-order valence-electron chi connectivity index (χ0n) is 15.7. The lowest BCUT2D eigenvalue weighted by Crippen LogP contribution is -2.42. The molecule has 138 valence electrons. The van der Waals surface area contributed by atoms with E-state index in [-0.39, 0.29) is 11.3 Å². The van der Waals surface area contributed by atoms with Gasteiger partial charge in [0.25, 0.3) is 5.91 Å². The molecule has 5 nitrogen and oxygen atoms in total. The second kappa shape index (κ2) is 8.04. The monoisotopic (exact) mass is 354 g/mol. The van der Waals surface area contributed by atoms with Crippen molar-refractivity contribution in [3.05, 3.63) is 65.2 Å². The normalized spacial score (nSPS) is 12.3. The van der Waals surface area contributed by atoms with Crippen LogP contribution < -0.4 is 15.8 Å². The molecule has 3 N–H and O–H groups in total. The minimum absolute atomic E-state index is 0.112. The first-order valence-corrected chi connectivity index (χ1v) is 8.59. The third-order valence-electron chi connectivity index (χ3n) is 4.12. The van der Waals surface area contributed by atoms with Gasteiger partial charge >= 0.3 is 0 Å². The van der Waals surface area contributed by atoms with Gasteiger partial charge in [-0.25, -0.2) is 0 Å². The van der Waals surface area contributed by atoms with E-state index in [1.807, 2.05) is 24.3 Å². The molecule has 0 radical (unpaired) electrons. The van der Waals surface area contributed by atoms with Crippen molar-refractivity contribution in [3.63, 3.8) is 0 Å². The van der Waals surface area contributed by atoms with Gasteiger partial charge in [-0.3, -0.25) is 9.59 Å². The number of primary amides is 1. The Morgan fingerprint density at radius 2 is 1.62 bits per heavy atom. The van der Waals surface area contributed by atoms with Crippen LogP contribution in [0.1, 0.15) is 49.2 Å². The molecule has 0 aliphatic rings. The summed E-state index contributed by atoms with van der Waals surface area (Å²) in [5.74, 6) is -0.0995. The second-order valence-corrected chi connectivity index (χ2v) is 7.36.